The lowest BCUT2D eigenvalue weighted by Crippen LogP contribution is -2.47. The van der Waals surface area contributed by atoms with Crippen molar-refractivity contribution < 1.29 is 14.3 Å². The molecular formula is C15H23ClN2O3. The number of hydrogen-bond acceptors (Lipinski definition) is 4. The number of amides is 1. The fourth-order valence-electron chi connectivity index (χ4n) is 2.27. The van der Waals surface area contributed by atoms with Gasteiger partial charge in [-0.15, -0.1) is 12.4 Å². The monoisotopic (exact) mass is 314 g/mol. The van der Waals surface area contributed by atoms with Gasteiger partial charge in [0, 0.05) is 19.1 Å². The summed E-state index contributed by atoms with van der Waals surface area (Å²) in [5.74, 6) is 1.46. The lowest BCUT2D eigenvalue weighted by molar-refractivity contribution is -0.134. The Bertz CT molecular complexity index is 439. The molecule has 5 nitrogen and oxygen atoms in total. The van der Waals surface area contributed by atoms with Crippen molar-refractivity contribution in [1.82, 2.24) is 4.90 Å². The summed E-state index contributed by atoms with van der Waals surface area (Å²) in [6.07, 6.45) is 1.96. The molecule has 6 heteroatoms. The number of carbonyl (C=O) groups excluding carboxylic acids is 1. The Morgan fingerprint density at radius 2 is 1.90 bits per heavy atom. The van der Waals surface area contributed by atoms with Gasteiger partial charge in [0.05, 0.1) is 6.61 Å². The summed E-state index contributed by atoms with van der Waals surface area (Å²) in [6.45, 7) is 4.03. The van der Waals surface area contributed by atoms with Gasteiger partial charge in [0.1, 0.15) is 11.5 Å². The average molecular weight is 315 g/mol. The fourth-order valence-corrected chi connectivity index (χ4v) is 2.27. The molecule has 0 spiro atoms. The predicted molar refractivity (Wildman–Crippen MR) is 84.1 cm³/mol. The lowest BCUT2D eigenvalue weighted by Gasteiger charge is -2.30. The Hall–Kier alpha value is -1.46. The summed E-state index contributed by atoms with van der Waals surface area (Å²) in [5, 5.41) is 0. The van der Waals surface area contributed by atoms with E-state index in [9.17, 15) is 4.79 Å². The summed E-state index contributed by atoms with van der Waals surface area (Å²) in [4.78, 5) is 13.8. The first kappa shape index (κ1) is 17.6. The fraction of sp³-hybridized carbons (Fsp3) is 0.533. The van der Waals surface area contributed by atoms with Gasteiger partial charge in [-0.3, -0.25) is 4.79 Å². The van der Waals surface area contributed by atoms with E-state index in [2.05, 4.69) is 0 Å². The number of rotatable bonds is 5. The van der Waals surface area contributed by atoms with Crippen molar-refractivity contribution in [1.29, 1.82) is 0 Å². The summed E-state index contributed by atoms with van der Waals surface area (Å²) in [7, 11) is 0. The summed E-state index contributed by atoms with van der Waals surface area (Å²) in [5.41, 5.74) is 5.87. The second-order valence-electron chi connectivity index (χ2n) is 4.94. The van der Waals surface area contributed by atoms with Crippen molar-refractivity contribution >= 4 is 18.3 Å². The van der Waals surface area contributed by atoms with Crippen LogP contribution in [0, 0.1) is 0 Å². The Morgan fingerprint density at radius 1 is 1.29 bits per heavy atom. The van der Waals surface area contributed by atoms with Crippen LogP contribution < -0.4 is 15.2 Å². The van der Waals surface area contributed by atoms with Gasteiger partial charge in [0.2, 0.25) is 0 Å². The van der Waals surface area contributed by atoms with Crippen molar-refractivity contribution in [2.24, 2.45) is 5.73 Å². The molecule has 1 saturated heterocycles. The van der Waals surface area contributed by atoms with Gasteiger partial charge in [-0.05, 0) is 44.0 Å². The number of carbonyl (C=O) groups is 1. The van der Waals surface area contributed by atoms with Crippen molar-refractivity contribution in [2.45, 2.75) is 25.8 Å². The second kappa shape index (κ2) is 8.74. The van der Waals surface area contributed by atoms with Crippen LogP contribution in [0.5, 0.6) is 11.5 Å². The minimum absolute atomic E-state index is 0. The summed E-state index contributed by atoms with van der Waals surface area (Å²) in [6, 6.07) is 7.37. The average Bonchev–Trinajstić information content (AvgIpc) is 2.46. The van der Waals surface area contributed by atoms with E-state index >= 15 is 0 Å². The molecule has 2 rings (SSSR count). The first-order valence-corrected chi connectivity index (χ1v) is 7.08. The second-order valence-corrected chi connectivity index (χ2v) is 4.94. The lowest BCUT2D eigenvalue weighted by atomic mass is 10.1. The Labute approximate surface area is 131 Å². The Kier molecular flexibility index (Phi) is 7.32. The molecule has 1 aromatic carbocycles. The highest BCUT2D eigenvalue weighted by atomic mass is 35.5. The number of ether oxygens (including phenoxy) is 2. The van der Waals surface area contributed by atoms with E-state index in [0.29, 0.717) is 18.9 Å². The zero-order chi connectivity index (χ0) is 14.4. The third-order valence-corrected chi connectivity index (χ3v) is 3.31. The van der Waals surface area contributed by atoms with Crippen LogP contribution in [0.25, 0.3) is 0 Å². The molecule has 1 atom stereocenters. The Balaban J connectivity index is 0.00000220. The third kappa shape index (κ3) is 5.44. The molecule has 1 aliphatic rings. The molecule has 2 N–H and O–H groups in total. The smallest absolute Gasteiger partial charge is 0.260 e. The highest BCUT2D eigenvalue weighted by Gasteiger charge is 2.21. The van der Waals surface area contributed by atoms with Crippen LogP contribution >= 0.6 is 12.4 Å². The van der Waals surface area contributed by atoms with E-state index < -0.39 is 0 Å². The van der Waals surface area contributed by atoms with Crippen molar-refractivity contribution in [3.05, 3.63) is 24.3 Å². The normalized spacial score (nSPS) is 17.8. The Morgan fingerprint density at radius 3 is 2.48 bits per heavy atom. The summed E-state index contributed by atoms with van der Waals surface area (Å²) >= 11 is 0. The molecular weight excluding hydrogens is 292 g/mol. The highest BCUT2D eigenvalue weighted by Crippen LogP contribution is 2.17. The molecule has 1 heterocycles. The molecule has 118 valence electrons. The van der Waals surface area contributed by atoms with Crippen LogP contribution in [-0.2, 0) is 4.79 Å². The molecule has 0 bridgehead atoms. The maximum atomic E-state index is 12.0. The SMILES string of the molecule is CCOc1ccc(OCC(=O)N2CCCC(N)C2)cc1.Cl. The van der Waals surface area contributed by atoms with Crippen LogP contribution in [0.15, 0.2) is 24.3 Å². The van der Waals surface area contributed by atoms with Crippen molar-refractivity contribution in [3.8, 4) is 11.5 Å². The van der Waals surface area contributed by atoms with Crippen LogP contribution in [0.4, 0.5) is 0 Å². The number of benzene rings is 1. The third-order valence-electron chi connectivity index (χ3n) is 3.31. The van der Waals surface area contributed by atoms with E-state index in [0.717, 1.165) is 25.1 Å². The minimum atomic E-state index is -0.00552. The maximum Gasteiger partial charge on any atom is 0.260 e. The van der Waals surface area contributed by atoms with Gasteiger partial charge >= 0.3 is 0 Å². The maximum absolute atomic E-state index is 12.0. The molecule has 0 radical (unpaired) electrons. The van der Waals surface area contributed by atoms with Crippen molar-refractivity contribution in [3.63, 3.8) is 0 Å². The minimum Gasteiger partial charge on any atom is -0.494 e. The number of nitrogens with zero attached hydrogens (tertiary/aromatic N) is 1. The van der Waals surface area contributed by atoms with Gasteiger partial charge in [-0.25, -0.2) is 0 Å². The molecule has 1 unspecified atom stereocenters. The highest BCUT2D eigenvalue weighted by molar-refractivity contribution is 5.85. The standard InChI is InChI=1S/C15H22N2O3.ClH/c1-2-19-13-5-7-14(8-6-13)20-11-15(18)17-9-3-4-12(16)10-17;/h5-8,12H,2-4,9-11,16H2,1H3;1H. The molecule has 1 aromatic rings. The molecule has 1 fully saturated rings. The van der Waals surface area contributed by atoms with E-state index in [4.69, 9.17) is 15.2 Å². The number of likely N-dealkylation sites (tertiary alicyclic amines) is 1. The first-order valence-electron chi connectivity index (χ1n) is 7.08. The molecule has 21 heavy (non-hydrogen) atoms. The van der Waals surface area contributed by atoms with Gasteiger partial charge < -0.3 is 20.1 Å². The zero-order valence-corrected chi connectivity index (χ0v) is 13.1. The van der Waals surface area contributed by atoms with Crippen LogP contribution in [0.3, 0.4) is 0 Å². The van der Waals surface area contributed by atoms with E-state index in [1.165, 1.54) is 0 Å². The van der Waals surface area contributed by atoms with E-state index in [1.807, 2.05) is 19.1 Å². The topological polar surface area (TPSA) is 64.8 Å². The largest absolute Gasteiger partial charge is 0.494 e. The van der Waals surface area contributed by atoms with Crippen LogP contribution in [-0.4, -0.2) is 43.2 Å². The number of nitrogens with two attached hydrogens (primary N) is 1. The van der Waals surface area contributed by atoms with Gasteiger partial charge in [-0.2, -0.15) is 0 Å². The zero-order valence-electron chi connectivity index (χ0n) is 12.3. The van der Waals surface area contributed by atoms with Gasteiger partial charge in [0.25, 0.3) is 5.91 Å². The molecule has 0 aliphatic carbocycles. The predicted octanol–water partition coefficient (Wildman–Crippen LogP) is 1.84. The quantitative estimate of drug-likeness (QED) is 0.900. The number of piperidine rings is 1. The van der Waals surface area contributed by atoms with Gasteiger partial charge in [0.15, 0.2) is 6.61 Å². The molecule has 0 saturated carbocycles. The molecule has 1 amide bonds. The molecule has 0 aromatic heterocycles. The number of halogens is 1. The van der Waals surface area contributed by atoms with E-state index in [1.54, 1.807) is 17.0 Å². The number of hydrogen-bond donors (Lipinski definition) is 1. The van der Waals surface area contributed by atoms with Crippen molar-refractivity contribution in [2.75, 3.05) is 26.3 Å². The van der Waals surface area contributed by atoms with Gasteiger partial charge in [-0.1, -0.05) is 0 Å². The van der Waals surface area contributed by atoms with Crippen LogP contribution in [0.2, 0.25) is 0 Å². The summed E-state index contributed by atoms with van der Waals surface area (Å²) < 4.78 is 10.9. The molecule has 1 aliphatic heterocycles. The van der Waals surface area contributed by atoms with Crippen LogP contribution in [0.1, 0.15) is 19.8 Å². The van der Waals surface area contributed by atoms with E-state index in [-0.39, 0.29) is 31.0 Å². The first-order chi connectivity index (χ1) is 9.69.